The van der Waals surface area contributed by atoms with Crippen molar-refractivity contribution in [2.45, 2.75) is 11.5 Å². The Morgan fingerprint density at radius 3 is 2.58 bits per heavy atom. The molecule has 166 valence electrons. The van der Waals surface area contributed by atoms with Gasteiger partial charge in [-0.2, -0.15) is 0 Å². The summed E-state index contributed by atoms with van der Waals surface area (Å²) in [5.74, 6) is -0.130. The van der Waals surface area contributed by atoms with Crippen LogP contribution < -0.4 is 10.1 Å². The summed E-state index contributed by atoms with van der Waals surface area (Å²) in [7, 11) is 1.90. The number of hydrogen-bond donors (Lipinski definition) is 1. The lowest BCUT2D eigenvalue weighted by Gasteiger charge is -2.47. The number of carbonyl (C=O) groups excluding carboxylic acids is 2. The van der Waals surface area contributed by atoms with Crippen LogP contribution in [0.15, 0.2) is 66.7 Å². The summed E-state index contributed by atoms with van der Waals surface area (Å²) >= 11 is 12.6. The zero-order valence-corrected chi connectivity index (χ0v) is 19.3. The lowest BCUT2D eigenvalue weighted by molar-refractivity contribution is -0.131. The monoisotopic (exact) mass is 478 g/mol. The number of Topliss-reactive ketones (excluding diaryl/α,β-unsaturated/α-hetero) is 1. The number of anilines is 1. The van der Waals surface area contributed by atoms with E-state index < -0.39 is 11.0 Å². The zero-order valence-electron chi connectivity index (χ0n) is 17.8. The number of para-hydroxylation sites is 2. The van der Waals surface area contributed by atoms with E-state index in [0.717, 1.165) is 16.8 Å². The van der Waals surface area contributed by atoms with Gasteiger partial charge in [0.15, 0.2) is 5.78 Å². The number of halogens is 2. The van der Waals surface area contributed by atoms with Crippen LogP contribution in [-0.2, 0) is 10.3 Å². The summed E-state index contributed by atoms with van der Waals surface area (Å²) in [6.07, 6.45) is 0. The number of ether oxygens (including phenoxy) is 1. The highest BCUT2D eigenvalue weighted by Gasteiger charge is 2.75. The molecule has 0 bridgehead atoms. The highest BCUT2D eigenvalue weighted by molar-refractivity contribution is 6.42. The van der Waals surface area contributed by atoms with E-state index in [0.29, 0.717) is 27.9 Å². The number of ketones is 1. The SMILES string of the molecule is CN1CC(c2ccc(Cl)c(Cl)c2)[C@@]2(COc3ccccc3C2=O)[C@@]12C(=O)Nc1ccccc12. The van der Waals surface area contributed by atoms with Crippen LogP contribution in [0, 0.1) is 5.41 Å². The van der Waals surface area contributed by atoms with E-state index in [1.807, 2.05) is 54.4 Å². The number of amides is 1. The Bertz CT molecular complexity index is 1340. The smallest absolute Gasteiger partial charge is 0.250 e. The molecule has 3 aliphatic rings. The van der Waals surface area contributed by atoms with Crippen molar-refractivity contribution in [3.8, 4) is 5.75 Å². The molecule has 6 rings (SSSR count). The van der Waals surface area contributed by atoms with Crippen molar-refractivity contribution in [3.05, 3.63) is 93.5 Å². The van der Waals surface area contributed by atoms with Crippen molar-refractivity contribution in [2.75, 3.05) is 25.5 Å². The fourth-order valence-electron chi connectivity index (χ4n) is 6.15. The number of hydrogen-bond acceptors (Lipinski definition) is 4. The molecule has 0 aliphatic carbocycles. The van der Waals surface area contributed by atoms with Crippen molar-refractivity contribution in [1.29, 1.82) is 0 Å². The molecule has 1 unspecified atom stereocenters. The molecule has 0 saturated carbocycles. The lowest BCUT2D eigenvalue weighted by atomic mass is 9.57. The number of nitrogens with zero attached hydrogens (tertiary/aromatic N) is 1. The number of likely N-dealkylation sites (N-methyl/N-ethyl adjacent to an activating group) is 1. The van der Waals surface area contributed by atoms with Crippen LogP contribution in [0.5, 0.6) is 5.75 Å². The first-order valence-electron chi connectivity index (χ1n) is 10.7. The Hall–Kier alpha value is -2.86. The fraction of sp³-hybridized carbons (Fsp3) is 0.231. The maximum absolute atomic E-state index is 14.5. The number of carbonyl (C=O) groups is 2. The van der Waals surface area contributed by atoms with Gasteiger partial charge in [-0.15, -0.1) is 0 Å². The van der Waals surface area contributed by atoms with E-state index in [-0.39, 0.29) is 24.2 Å². The van der Waals surface area contributed by atoms with Gasteiger partial charge >= 0.3 is 0 Å². The molecular weight excluding hydrogens is 459 g/mol. The minimum absolute atomic E-state index is 0.0693. The Morgan fingerprint density at radius 1 is 1.00 bits per heavy atom. The predicted molar refractivity (Wildman–Crippen MR) is 127 cm³/mol. The highest BCUT2D eigenvalue weighted by atomic mass is 35.5. The third-order valence-electron chi connectivity index (χ3n) is 7.50. The van der Waals surface area contributed by atoms with Gasteiger partial charge in [-0.25, -0.2) is 0 Å². The number of likely N-dealkylation sites (tertiary alicyclic amines) is 1. The highest BCUT2D eigenvalue weighted by Crippen LogP contribution is 2.64. The Labute approximate surface area is 201 Å². The number of benzene rings is 3. The number of fused-ring (bicyclic) bond motifs is 4. The molecule has 3 heterocycles. The molecule has 0 radical (unpaired) electrons. The van der Waals surface area contributed by atoms with E-state index in [2.05, 4.69) is 5.32 Å². The van der Waals surface area contributed by atoms with Gasteiger partial charge in [-0.1, -0.05) is 59.6 Å². The van der Waals surface area contributed by atoms with Crippen molar-refractivity contribution in [3.63, 3.8) is 0 Å². The Kier molecular flexibility index (Phi) is 4.44. The summed E-state index contributed by atoms with van der Waals surface area (Å²) in [6, 6.07) is 20.2. The molecule has 33 heavy (non-hydrogen) atoms. The summed E-state index contributed by atoms with van der Waals surface area (Å²) < 4.78 is 6.25. The standard InChI is InChI=1S/C26H20Cl2N2O3/c1-30-13-18(15-10-11-19(27)20(28)12-15)25(14-33-22-9-5-2-6-16(22)23(25)31)26(30)17-7-3-4-8-21(17)29-24(26)32/h2-12,18H,13-14H2,1H3,(H,29,32)/t18?,25-,26-/m1/s1. The maximum Gasteiger partial charge on any atom is 0.250 e. The molecule has 5 nitrogen and oxygen atoms in total. The van der Waals surface area contributed by atoms with Gasteiger partial charge in [0.25, 0.3) is 5.91 Å². The first-order valence-corrected chi connectivity index (χ1v) is 11.5. The topological polar surface area (TPSA) is 58.6 Å². The van der Waals surface area contributed by atoms with Gasteiger partial charge in [0, 0.05) is 23.7 Å². The molecule has 1 N–H and O–H groups in total. The predicted octanol–water partition coefficient (Wildman–Crippen LogP) is 5.13. The molecular formula is C26H20Cl2N2O3. The van der Waals surface area contributed by atoms with Crippen molar-refractivity contribution in [1.82, 2.24) is 4.90 Å². The summed E-state index contributed by atoms with van der Waals surface area (Å²) in [5.41, 5.74) is 0.406. The van der Waals surface area contributed by atoms with E-state index in [1.165, 1.54) is 0 Å². The third-order valence-corrected chi connectivity index (χ3v) is 8.24. The molecule has 3 aromatic carbocycles. The van der Waals surface area contributed by atoms with E-state index in [9.17, 15) is 9.59 Å². The van der Waals surface area contributed by atoms with Crippen LogP contribution in [0.3, 0.4) is 0 Å². The van der Waals surface area contributed by atoms with E-state index in [1.54, 1.807) is 24.3 Å². The lowest BCUT2D eigenvalue weighted by Crippen LogP contribution is -2.62. The average molecular weight is 479 g/mol. The second-order valence-electron chi connectivity index (χ2n) is 8.90. The quantitative estimate of drug-likeness (QED) is 0.526. The number of rotatable bonds is 1. The fourth-order valence-corrected chi connectivity index (χ4v) is 6.45. The minimum atomic E-state index is -1.23. The Morgan fingerprint density at radius 2 is 1.76 bits per heavy atom. The first-order chi connectivity index (χ1) is 15.9. The van der Waals surface area contributed by atoms with Crippen LogP contribution >= 0.6 is 23.2 Å². The summed E-state index contributed by atoms with van der Waals surface area (Å²) in [6.45, 7) is 0.539. The molecule has 3 aromatic rings. The number of nitrogens with one attached hydrogen (secondary N) is 1. The molecule has 3 atom stereocenters. The van der Waals surface area contributed by atoms with Crippen LogP contribution in [0.25, 0.3) is 0 Å². The maximum atomic E-state index is 14.5. The van der Waals surface area contributed by atoms with Crippen molar-refractivity contribution >= 4 is 40.6 Å². The zero-order chi connectivity index (χ0) is 23.0. The van der Waals surface area contributed by atoms with Crippen molar-refractivity contribution in [2.24, 2.45) is 5.41 Å². The van der Waals surface area contributed by atoms with Crippen molar-refractivity contribution < 1.29 is 14.3 Å². The summed E-state index contributed by atoms with van der Waals surface area (Å²) in [5, 5.41) is 3.89. The molecule has 1 saturated heterocycles. The van der Waals surface area contributed by atoms with Crippen LogP contribution in [0.4, 0.5) is 5.69 Å². The van der Waals surface area contributed by atoms with Gasteiger partial charge in [0.1, 0.15) is 23.3 Å². The Balaban J connectivity index is 1.67. The van der Waals surface area contributed by atoms with Gasteiger partial charge in [0.2, 0.25) is 0 Å². The normalized spacial score (nSPS) is 28.0. The van der Waals surface area contributed by atoms with Crippen LogP contribution in [0.1, 0.15) is 27.4 Å². The van der Waals surface area contributed by atoms with Gasteiger partial charge in [0.05, 0.1) is 15.6 Å². The molecule has 0 aromatic heterocycles. The second-order valence-corrected chi connectivity index (χ2v) is 9.72. The molecule has 1 fully saturated rings. The molecule has 2 spiro atoms. The summed E-state index contributed by atoms with van der Waals surface area (Å²) in [4.78, 5) is 30.4. The first kappa shape index (κ1) is 20.7. The third kappa shape index (κ3) is 2.47. The molecule has 7 heteroatoms. The molecule has 1 amide bonds. The average Bonchev–Trinajstić information content (AvgIpc) is 3.27. The minimum Gasteiger partial charge on any atom is -0.492 e. The van der Waals surface area contributed by atoms with Crippen LogP contribution in [-0.4, -0.2) is 36.8 Å². The van der Waals surface area contributed by atoms with E-state index >= 15 is 0 Å². The van der Waals surface area contributed by atoms with Crippen LogP contribution in [0.2, 0.25) is 10.0 Å². The van der Waals surface area contributed by atoms with Gasteiger partial charge < -0.3 is 10.1 Å². The largest absolute Gasteiger partial charge is 0.492 e. The molecule has 3 aliphatic heterocycles. The van der Waals surface area contributed by atoms with E-state index in [4.69, 9.17) is 27.9 Å². The van der Waals surface area contributed by atoms with Gasteiger partial charge in [-0.05, 0) is 42.9 Å². The van der Waals surface area contributed by atoms with Gasteiger partial charge in [-0.3, -0.25) is 14.5 Å². The second kappa shape index (κ2) is 7.07.